The first-order valence-electron chi connectivity index (χ1n) is 4.08. The zero-order valence-electron chi connectivity index (χ0n) is 7.73. The van der Waals surface area contributed by atoms with Gasteiger partial charge in [0.2, 0.25) is 0 Å². The lowest BCUT2D eigenvalue weighted by Crippen LogP contribution is -1.98. The van der Waals surface area contributed by atoms with E-state index in [0.29, 0.717) is 11.4 Å². The van der Waals surface area contributed by atoms with E-state index in [2.05, 4.69) is 4.36 Å². The lowest BCUT2D eigenvalue weighted by atomic mass is 10.2. The van der Waals surface area contributed by atoms with Crippen molar-refractivity contribution in [1.82, 2.24) is 0 Å². The van der Waals surface area contributed by atoms with E-state index in [-0.39, 0.29) is 0 Å². The van der Waals surface area contributed by atoms with Crippen LogP contribution < -0.4 is 0 Å². The number of nitrogens with zero attached hydrogens (tertiary/aromatic N) is 1. The summed E-state index contributed by atoms with van der Waals surface area (Å²) < 4.78 is 24.6. The van der Waals surface area contributed by atoms with E-state index in [0.717, 1.165) is 5.56 Å². The molecule has 0 fully saturated rings. The Labute approximate surface area is 78.8 Å². The lowest BCUT2D eigenvalue weighted by molar-refractivity contribution is 0.549. The minimum absolute atomic E-state index is 0.350. The maximum absolute atomic E-state index is 11.5. The molecule has 0 spiro atoms. The van der Waals surface area contributed by atoms with Gasteiger partial charge in [0.25, 0.3) is 0 Å². The molecule has 3 nitrogen and oxygen atoms in total. The molecule has 72 valence electrons. The van der Waals surface area contributed by atoms with Gasteiger partial charge in [0, 0.05) is 6.54 Å². The number of benzene rings is 1. The van der Waals surface area contributed by atoms with E-state index in [1.165, 1.54) is 0 Å². The summed E-state index contributed by atoms with van der Waals surface area (Å²) >= 11 is 0. The van der Waals surface area contributed by atoms with Crippen LogP contribution in [0.4, 0.5) is 0 Å². The molecule has 0 aliphatic heterocycles. The second kappa shape index (κ2) is 3.89. The van der Waals surface area contributed by atoms with Crippen molar-refractivity contribution >= 4 is 10.0 Å². The first kappa shape index (κ1) is 10.2. The van der Waals surface area contributed by atoms with Gasteiger partial charge in [-0.15, -0.1) is 0 Å². The molecular weight excluding hydrogens is 186 g/mol. The topological polar surface area (TPSA) is 49.7 Å². The normalized spacial score (nSPS) is 15.0. The van der Waals surface area contributed by atoms with E-state index in [1.807, 2.05) is 6.92 Å². The second-order valence-electron chi connectivity index (χ2n) is 2.76. The van der Waals surface area contributed by atoms with Crippen LogP contribution in [-0.2, 0) is 10.0 Å². The molecule has 0 heterocycles. The maximum atomic E-state index is 11.5. The van der Waals surface area contributed by atoms with Gasteiger partial charge in [0.15, 0.2) is 10.0 Å². The first-order valence-corrected chi connectivity index (χ1v) is 5.55. The average molecular weight is 199 g/mol. The Bertz CT molecular complexity index is 389. The van der Waals surface area contributed by atoms with Crippen LogP contribution in [0.1, 0.15) is 12.5 Å². The quantitative estimate of drug-likeness (QED) is 0.794. The zero-order valence-corrected chi connectivity index (χ0v) is 8.54. The number of rotatable bonds is 2. The summed E-state index contributed by atoms with van der Waals surface area (Å²) in [5.74, 6) is 0. The van der Waals surface area contributed by atoms with Crippen molar-refractivity contribution in [2.45, 2.75) is 18.7 Å². The highest BCUT2D eigenvalue weighted by Crippen LogP contribution is 2.11. The van der Waals surface area contributed by atoms with Gasteiger partial charge in [-0.2, -0.15) is 0 Å². The van der Waals surface area contributed by atoms with Crippen LogP contribution in [-0.4, -0.2) is 15.3 Å². The fourth-order valence-corrected chi connectivity index (χ4v) is 1.95. The van der Waals surface area contributed by atoms with E-state index in [1.54, 1.807) is 31.2 Å². The monoisotopic (exact) mass is 199 g/mol. The number of hydrogen-bond donors (Lipinski definition) is 1. The van der Waals surface area contributed by atoms with Crippen LogP contribution in [0.25, 0.3) is 0 Å². The van der Waals surface area contributed by atoms with Gasteiger partial charge >= 0.3 is 0 Å². The fraction of sp³-hybridized carbons (Fsp3) is 0.333. The van der Waals surface area contributed by atoms with Gasteiger partial charge in [-0.05, 0) is 26.0 Å². The zero-order chi connectivity index (χ0) is 9.90. The smallest absolute Gasteiger partial charge is 0.190 e. The van der Waals surface area contributed by atoms with E-state index < -0.39 is 10.0 Å². The Morgan fingerprint density at radius 2 is 1.92 bits per heavy atom. The molecule has 0 aliphatic carbocycles. The highest BCUT2D eigenvalue weighted by atomic mass is 32.2. The van der Waals surface area contributed by atoms with Gasteiger partial charge in [-0.25, -0.2) is 8.57 Å². The molecule has 0 amide bonds. The van der Waals surface area contributed by atoms with Crippen LogP contribution in [0.3, 0.4) is 0 Å². The summed E-state index contributed by atoms with van der Waals surface area (Å²) in [6, 6.07) is 6.88. The van der Waals surface area contributed by atoms with E-state index in [4.69, 9.17) is 0 Å². The number of hydrogen-bond acceptors (Lipinski definition) is 2. The van der Waals surface area contributed by atoms with Crippen molar-refractivity contribution in [2.75, 3.05) is 6.54 Å². The predicted octanol–water partition coefficient (Wildman–Crippen LogP) is 2.31. The van der Waals surface area contributed by atoms with E-state index in [9.17, 15) is 8.76 Å². The summed E-state index contributed by atoms with van der Waals surface area (Å²) in [5, 5.41) is 0. The van der Waals surface area contributed by atoms with Crippen LogP contribution in [0, 0.1) is 6.92 Å². The van der Waals surface area contributed by atoms with Crippen molar-refractivity contribution in [3.63, 3.8) is 0 Å². The maximum Gasteiger partial charge on any atom is 0.190 e. The molecule has 0 saturated heterocycles. The van der Waals surface area contributed by atoms with Crippen molar-refractivity contribution < 1.29 is 8.76 Å². The molecule has 1 atom stereocenters. The van der Waals surface area contributed by atoms with Gasteiger partial charge in [-0.1, -0.05) is 17.7 Å². The molecular formula is C9H13NO2S. The molecule has 0 radical (unpaired) electrons. The third-order valence-corrected chi connectivity index (χ3v) is 3.13. The van der Waals surface area contributed by atoms with E-state index >= 15 is 0 Å². The molecule has 1 rings (SSSR count). The van der Waals surface area contributed by atoms with Crippen LogP contribution in [0.2, 0.25) is 0 Å². The molecule has 1 aromatic rings. The largest absolute Gasteiger partial charge is 0.297 e. The molecule has 0 aromatic heterocycles. The highest BCUT2D eigenvalue weighted by molar-refractivity contribution is 7.88. The summed E-state index contributed by atoms with van der Waals surface area (Å²) in [5.41, 5.74) is 1.07. The Balaban J connectivity index is 3.17. The molecule has 1 N–H and O–H groups in total. The van der Waals surface area contributed by atoms with Crippen LogP contribution in [0.5, 0.6) is 0 Å². The first-order chi connectivity index (χ1) is 6.06. The fourth-order valence-electron chi connectivity index (χ4n) is 0.965. The molecule has 0 aliphatic rings. The van der Waals surface area contributed by atoms with Crippen molar-refractivity contribution in [2.24, 2.45) is 4.36 Å². The molecule has 0 bridgehead atoms. The summed E-state index contributed by atoms with van der Waals surface area (Å²) in [6.07, 6.45) is 0. The van der Waals surface area contributed by atoms with Crippen LogP contribution >= 0.6 is 0 Å². The van der Waals surface area contributed by atoms with Crippen molar-refractivity contribution in [3.05, 3.63) is 29.8 Å². The summed E-state index contributed by atoms with van der Waals surface area (Å²) in [4.78, 5) is 0.375. The Kier molecular flexibility index (Phi) is 3.06. The summed E-state index contributed by atoms with van der Waals surface area (Å²) in [6.45, 7) is 4.02. The minimum atomic E-state index is -3.15. The Morgan fingerprint density at radius 1 is 1.38 bits per heavy atom. The molecule has 1 unspecified atom stereocenters. The summed E-state index contributed by atoms with van der Waals surface area (Å²) in [7, 11) is -3.15. The molecule has 13 heavy (non-hydrogen) atoms. The van der Waals surface area contributed by atoms with Gasteiger partial charge < -0.3 is 0 Å². The number of aryl methyl sites for hydroxylation is 1. The van der Waals surface area contributed by atoms with Crippen molar-refractivity contribution in [3.8, 4) is 0 Å². The highest BCUT2D eigenvalue weighted by Gasteiger charge is 2.05. The van der Waals surface area contributed by atoms with Crippen molar-refractivity contribution in [1.29, 1.82) is 0 Å². The standard InChI is InChI=1S/C9H13NO2S/c1-3-10-13(11,12)9-6-4-8(2)5-7-9/h4-7H,3H2,1-2H3,(H,10,11,12). The second-order valence-corrected chi connectivity index (χ2v) is 4.48. The SMILES string of the molecule is CCN=S(=O)(O)c1ccc(C)cc1. The Morgan fingerprint density at radius 3 is 2.38 bits per heavy atom. The minimum Gasteiger partial charge on any atom is -0.297 e. The van der Waals surface area contributed by atoms with Gasteiger partial charge in [-0.3, -0.25) is 4.55 Å². The lowest BCUT2D eigenvalue weighted by Gasteiger charge is -2.01. The van der Waals surface area contributed by atoms with Crippen LogP contribution in [0.15, 0.2) is 33.5 Å². The van der Waals surface area contributed by atoms with Gasteiger partial charge in [0.1, 0.15) is 0 Å². The van der Waals surface area contributed by atoms with Gasteiger partial charge in [0.05, 0.1) is 4.90 Å². The molecule has 4 heteroatoms. The average Bonchev–Trinajstić information content (AvgIpc) is 2.05. The molecule has 1 aromatic carbocycles. The molecule has 0 saturated carbocycles. The predicted molar refractivity (Wildman–Crippen MR) is 53.2 cm³/mol. The third-order valence-electron chi connectivity index (χ3n) is 1.63. The Hall–Kier alpha value is -0.870. The third kappa shape index (κ3) is 2.54.